The van der Waals surface area contributed by atoms with Gasteiger partial charge in [0.25, 0.3) is 0 Å². The first-order valence-corrected chi connectivity index (χ1v) is 8.95. The third-order valence-corrected chi connectivity index (χ3v) is 5.33. The Balaban J connectivity index is 2.33. The van der Waals surface area contributed by atoms with Gasteiger partial charge in [-0.15, -0.1) is 0 Å². The fourth-order valence-electron chi connectivity index (χ4n) is 2.63. The van der Waals surface area contributed by atoms with Crippen LogP contribution < -0.4 is 10.2 Å². The maximum Gasteiger partial charge on any atom is 0.0428 e. The van der Waals surface area contributed by atoms with Crippen molar-refractivity contribution < 1.29 is 0 Å². The Morgan fingerprint density at radius 3 is 3.00 bits per heavy atom. The molecule has 1 N–H and O–H groups in total. The van der Waals surface area contributed by atoms with E-state index in [0.29, 0.717) is 12.1 Å². The zero-order chi connectivity index (χ0) is 13.8. The van der Waals surface area contributed by atoms with E-state index in [1.165, 1.54) is 27.2 Å². The molecular formula is C15H23BrN2S. The van der Waals surface area contributed by atoms with Crippen LogP contribution in [0.15, 0.2) is 22.7 Å². The first-order valence-electron chi connectivity index (χ1n) is 7.00. The first kappa shape index (κ1) is 15.2. The van der Waals surface area contributed by atoms with Crippen molar-refractivity contribution in [3.8, 4) is 0 Å². The van der Waals surface area contributed by atoms with Crippen molar-refractivity contribution in [1.82, 2.24) is 5.32 Å². The summed E-state index contributed by atoms with van der Waals surface area (Å²) in [5.74, 6) is 2.45. The van der Waals surface area contributed by atoms with Crippen molar-refractivity contribution in [2.24, 2.45) is 0 Å². The highest BCUT2D eigenvalue weighted by molar-refractivity contribution is 9.10. The number of rotatable bonds is 4. The second-order valence-electron chi connectivity index (χ2n) is 5.10. The Labute approximate surface area is 129 Å². The third kappa shape index (κ3) is 3.67. The standard InChI is InChI=1S/C15H23BrN2S/c1-4-17-12(3)14-6-5-13(16)9-15(14)18-7-8-19-10-11(18)2/h5-6,9,11-12,17H,4,7-8,10H2,1-3H3. The summed E-state index contributed by atoms with van der Waals surface area (Å²) < 4.78 is 1.17. The van der Waals surface area contributed by atoms with Crippen LogP contribution >= 0.6 is 27.7 Å². The number of hydrogen-bond acceptors (Lipinski definition) is 3. The number of hydrogen-bond donors (Lipinski definition) is 1. The summed E-state index contributed by atoms with van der Waals surface area (Å²) >= 11 is 5.68. The fraction of sp³-hybridized carbons (Fsp3) is 0.600. The van der Waals surface area contributed by atoms with Gasteiger partial charge in [-0.05, 0) is 38.1 Å². The molecule has 0 aliphatic carbocycles. The Morgan fingerprint density at radius 1 is 1.53 bits per heavy atom. The van der Waals surface area contributed by atoms with Crippen molar-refractivity contribution in [1.29, 1.82) is 0 Å². The Hall–Kier alpha value is -0.190. The Bertz CT molecular complexity index is 425. The van der Waals surface area contributed by atoms with E-state index in [0.717, 1.165) is 13.1 Å². The van der Waals surface area contributed by atoms with E-state index >= 15 is 0 Å². The average molecular weight is 343 g/mol. The van der Waals surface area contributed by atoms with Gasteiger partial charge in [-0.25, -0.2) is 0 Å². The van der Waals surface area contributed by atoms with E-state index in [-0.39, 0.29) is 0 Å². The molecule has 0 saturated carbocycles. The smallest absolute Gasteiger partial charge is 0.0428 e. The van der Waals surface area contributed by atoms with Crippen LogP contribution in [0.5, 0.6) is 0 Å². The second-order valence-corrected chi connectivity index (χ2v) is 7.17. The normalized spacial score (nSPS) is 21.5. The summed E-state index contributed by atoms with van der Waals surface area (Å²) in [7, 11) is 0. The highest BCUT2D eigenvalue weighted by atomic mass is 79.9. The summed E-state index contributed by atoms with van der Waals surface area (Å²) in [6.07, 6.45) is 0. The van der Waals surface area contributed by atoms with E-state index in [4.69, 9.17) is 0 Å². The van der Waals surface area contributed by atoms with E-state index in [9.17, 15) is 0 Å². The number of thioether (sulfide) groups is 1. The number of halogens is 1. The van der Waals surface area contributed by atoms with Crippen LogP contribution in [0.2, 0.25) is 0 Å². The SMILES string of the molecule is CCNC(C)c1ccc(Br)cc1N1CCSCC1C. The zero-order valence-corrected chi connectivity index (χ0v) is 14.4. The van der Waals surface area contributed by atoms with Crippen LogP contribution in [-0.2, 0) is 0 Å². The summed E-state index contributed by atoms with van der Waals surface area (Å²) in [5.41, 5.74) is 2.79. The van der Waals surface area contributed by atoms with Gasteiger partial charge in [-0.2, -0.15) is 11.8 Å². The molecule has 0 bridgehead atoms. The van der Waals surface area contributed by atoms with Gasteiger partial charge in [0.1, 0.15) is 0 Å². The monoisotopic (exact) mass is 342 g/mol. The molecule has 0 radical (unpaired) electrons. The molecule has 106 valence electrons. The van der Waals surface area contributed by atoms with Gasteiger partial charge >= 0.3 is 0 Å². The number of anilines is 1. The van der Waals surface area contributed by atoms with Crippen LogP contribution in [0.25, 0.3) is 0 Å². The first-order chi connectivity index (χ1) is 9.13. The van der Waals surface area contributed by atoms with Crippen LogP contribution in [0.1, 0.15) is 32.4 Å². The molecule has 4 heteroatoms. The highest BCUT2D eigenvalue weighted by Crippen LogP contribution is 2.33. The Morgan fingerprint density at radius 2 is 2.32 bits per heavy atom. The molecule has 1 heterocycles. The molecule has 2 atom stereocenters. The van der Waals surface area contributed by atoms with E-state index in [1.807, 2.05) is 0 Å². The predicted molar refractivity (Wildman–Crippen MR) is 90.4 cm³/mol. The van der Waals surface area contributed by atoms with Crippen LogP contribution in [0.4, 0.5) is 5.69 Å². The largest absolute Gasteiger partial charge is 0.367 e. The van der Waals surface area contributed by atoms with Crippen LogP contribution in [0.3, 0.4) is 0 Å². The van der Waals surface area contributed by atoms with Crippen LogP contribution in [-0.4, -0.2) is 30.6 Å². The lowest BCUT2D eigenvalue weighted by Gasteiger charge is -2.37. The van der Waals surface area contributed by atoms with Crippen molar-refractivity contribution >= 4 is 33.4 Å². The molecular weight excluding hydrogens is 320 g/mol. The van der Waals surface area contributed by atoms with Gasteiger partial charge in [-0.1, -0.05) is 28.9 Å². The predicted octanol–water partition coefficient (Wildman–Crippen LogP) is 4.06. The molecule has 2 unspecified atom stereocenters. The maximum atomic E-state index is 3.62. The molecule has 1 fully saturated rings. The van der Waals surface area contributed by atoms with E-state index in [1.54, 1.807) is 0 Å². The summed E-state index contributed by atoms with van der Waals surface area (Å²) in [6.45, 7) is 8.89. The number of benzene rings is 1. The molecule has 1 aliphatic heterocycles. The topological polar surface area (TPSA) is 15.3 Å². The lowest BCUT2D eigenvalue weighted by atomic mass is 10.0. The molecule has 1 aromatic rings. The van der Waals surface area contributed by atoms with Crippen LogP contribution in [0, 0.1) is 0 Å². The zero-order valence-electron chi connectivity index (χ0n) is 11.9. The molecule has 0 aromatic heterocycles. The third-order valence-electron chi connectivity index (χ3n) is 3.65. The molecule has 0 spiro atoms. The van der Waals surface area contributed by atoms with Gasteiger partial charge in [-0.3, -0.25) is 0 Å². The van der Waals surface area contributed by atoms with E-state index < -0.39 is 0 Å². The molecule has 0 amide bonds. The fourth-order valence-corrected chi connectivity index (χ4v) is 4.00. The van der Waals surface area contributed by atoms with Crippen molar-refractivity contribution in [2.75, 3.05) is 29.5 Å². The molecule has 2 nitrogen and oxygen atoms in total. The molecule has 1 saturated heterocycles. The maximum absolute atomic E-state index is 3.62. The van der Waals surface area contributed by atoms with Crippen molar-refractivity contribution in [2.45, 2.75) is 32.9 Å². The highest BCUT2D eigenvalue weighted by Gasteiger charge is 2.22. The lowest BCUT2D eigenvalue weighted by molar-refractivity contribution is 0.591. The second kappa shape index (κ2) is 7.00. The lowest BCUT2D eigenvalue weighted by Crippen LogP contribution is -2.41. The average Bonchev–Trinajstić information content (AvgIpc) is 2.39. The quantitative estimate of drug-likeness (QED) is 0.888. The van der Waals surface area contributed by atoms with Gasteiger partial charge in [0.05, 0.1) is 0 Å². The van der Waals surface area contributed by atoms with Crippen molar-refractivity contribution in [3.63, 3.8) is 0 Å². The molecule has 1 aliphatic rings. The van der Waals surface area contributed by atoms with Gasteiger partial charge in [0.2, 0.25) is 0 Å². The van der Waals surface area contributed by atoms with Crippen molar-refractivity contribution in [3.05, 3.63) is 28.2 Å². The minimum absolute atomic E-state index is 0.398. The van der Waals surface area contributed by atoms with Gasteiger partial charge < -0.3 is 10.2 Å². The number of nitrogens with zero attached hydrogens (tertiary/aromatic N) is 1. The van der Waals surface area contributed by atoms with Gasteiger partial charge in [0, 0.05) is 40.3 Å². The Kier molecular flexibility index (Phi) is 5.60. The molecule has 19 heavy (non-hydrogen) atoms. The minimum atomic E-state index is 0.398. The summed E-state index contributed by atoms with van der Waals surface area (Å²) in [5, 5.41) is 3.53. The van der Waals surface area contributed by atoms with Gasteiger partial charge in [0.15, 0.2) is 0 Å². The summed E-state index contributed by atoms with van der Waals surface area (Å²) in [4.78, 5) is 2.56. The number of nitrogens with one attached hydrogen (secondary N) is 1. The molecule has 2 rings (SSSR count). The van der Waals surface area contributed by atoms with E-state index in [2.05, 4.69) is 76.9 Å². The molecule has 1 aromatic carbocycles. The summed E-state index contributed by atoms with van der Waals surface area (Å²) in [6, 6.07) is 7.68. The minimum Gasteiger partial charge on any atom is -0.367 e.